The van der Waals surface area contributed by atoms with Crippen LogP contribution in [-0.4, -0.2) is 29.5 Å². The van der Waals surface area contributed by atoms with Crippen LogP contribution in [0.4, 0.5) is 0 Å². The predicted molar refractivity (Wildman–Crippen MR) is 69.0 cm³/mol. The zero-order valence-corrected chi connectivity index (χ0v) is 11.2. The van der Waals surface area contributed by atoms with Gasteiger partial charge in [0.15, 0.2) is 5.78 Å². The molecule has 94 valence electrons. The molecule has 0 bridgehead atoms. The summed E-state index contributed by atoms with van der Waals surface area (Å²) in [6.07, 6.45) is 1.69. The van der Waals surface area contributed by atoms with Gasteiger partial charge in [0.1, 0.15) is 5.92 Å². The first-order chi connectivity index (χ1) is 8.63. The molecule has 1 heterocycles. The highest BCUT2D eigenvalue weighted by atomic mass is 79.9. The number of hydrogen-bond acceptors (Lipinski definition) is 3. The number of likely N-dealkylation sites (tertiary alicyclic amines) is 1. The third-order valence-corrected chi connectivity index (χ3v) is 3.52. The molecule has 1 aromatic rings. The van der Waals surface area contributed by atoms with Gasteiger partial charge < -0.3 is 0 Å². The number of nitrogens with zero attached hydrogens (tertiary/aromatic N) is 1. The molecule has 18 heavy (non-hydrogen) atoms. The average molecular weight is 310 g/mol. The Bertz CT molecular complexity index is 501. The van der Waals surface area contributed by atoms with E-state index >= 15 is 0 Å². The fraction of sp³-hybridized carbons (Fsp3) is 0.308. The summed E-state index contributed by atoms with van der Waals surface area (Å²) in [7, 11) is 0. The van der Waals surface area contributed by atoms with Gasteiger partial charge in [-0.2, -0.15) is 0 Å². The zero-order valence-electron chi connectivity index (χ0n) is 9.64. The maximum Gasteiger partial charge on any atom is 0.239 e. The molecule has 1 aliphatic heterocycles. The molecule has 0 radical (unpaired) electrons. The zero-order chi connectivity index (χ0) is 13.1. The normalized spacial score (nSPS) is 19.7. The fourth-order valence-electron chi connectivity index (χ4n) is 2.09. The molecule has 2 amide bonds. The number of rotatable bonds is 3. The maximum absolute atomic E-state index is 12.2. The van der Waals surface area contributed by atoms with Gasteiger partial charge in [-0.25, -0.2) is 0 Å². The summed E-state index contributed by atoms with van der Waals surface area (Å²) in [5.41, 5.74) is 0.496. The van der Waals surface area contributed by atoms with E-state index < -0.39 is 5.92 Å². The van der Waals surface area contributed by atoms with Crippen LogP contribution in [0.2, 0.25) is 0 Å². The molecular weight excluding hydrogens is 298 g/mol. The van der Waals surface area contributed by atoms with Gasteiger partial charge in [-0.15, -0.1) is 0 Å². The van der Waals surface area contributed by atoms with Crippen LogP contribution in [0, 0.1) is 5.92 Å². The highest BCUT2D eigenvalue weighted by Crippen LogP contribution is 2.23. The van der Waals surface area contributed by atoms with Crippen LogP contribution in [0.5, 0.6) is 0 Å². The molecule has 0 saturated carbocycles. The molecule has 1 fully saturated rings. The lowest BCUT2D eigenvalue weighted by Crippen LogP contribution is -2.43. The van der Waals surface area contributed by atoms with E-state index in [2.05, 4.69) is 15.9 Å². The molecule has 5 heteroatoms. The van der Waals surface area contributed by atoms with Crippen LogP contribution < -0.4 is 0 Å². The third kappa shape index (κ3) is 2.51. The summed E-state index contributed by atoms with van der Waals surface area (Å²) >= 11 is 3.29. The first kappa shape index (κ1) is 13.0. The molecular formula is C13H12BrNO3. The molecule has 0 aliphatic carbocycles. The van der Waals surface area contributed by atoms with Crippen molar-refractivity contribution in [2.45, 2.75) is 12.8 Å². The number of Topliss-reactive ketones (excluding diaryl/α,β-unsaturated/α-hetero) is 1. The van der Waals surface area contributed by atoms with Crippen LogP contribution in [-0.2, 0) is 9.59 Å². The first-order valence-corrected chi connectivity index (χ1v) is 6.48. The Balaban J connectivity index is 2.23. The topological polar surface area (TPSA) is 54.5 Å². The van der Waals surface area contributed by atoms with Crippen molar-refractivity contribution in [3.05, 3.63) is 34.3 Å². The Morgan fingerprint density at radius 1 is 1.44 bits per heavy atom. The summed E-state index contributed by atoms with van der Waals surface area (Å²) in [5.74, 6) is -1.33. The molecule has 2 rings (SSSR count). The number of halogens is 1. The summed E-state index contributed by atoms with van der Waals surface area (Å²) < 4.78 is 0.795. The number of benzene rings is 1. The number of amides is 2. The summed E-state index contributed by atoms with van der Waals surface area (Å²) in [4.78, 5) is 36.0. The predicted octanol–water partition coefficient (Wildman–Crippen LogP) is 2.03. The average Bonchev–Trinajstić information content (AvgIpc) is 2.38. The van der Waals surface area contributed by atoms with Crippen molar-refractivity contribution in [2.24, 2.45) is 5.92 Å². The lowest BCUT2D eigenvalue weighted by Gasteiger charge is -2.26. The van der Waals surface area contributed by atoms with Crippen molar-refractivity contribution in [1.29, 1.82) is 0 Å². The number of piperidine rings is 1. The number of ketones is 1. The third-order valence-electron chi connectivity index (χ3n) is 3.03. The van der Waals surface area contributed by atoms with Crippen LogP contribution >= 0.6 is 15.9 Å². The maximum atomic E-state index is 12.2. The van der Waals surface area contributed by atoms with Crippen molar-refractivity contribution in [2.75, 3.05) is 6.54 Å². The van der Waals surface area contributed by atoms with E-state index in [1.165, 1.54) is 0 Å². The second-order valence-electron chi connectivity index (χ2n) is 4.21. The van der Waals surface area contributed by atoms with Crippen LogP contribution in [0.1, 0.15) is 23.2 Å². The van der Waals surface area contributed by atoms with Crippen molar-refractivity contribution < 1.29 is 14.4 Å². The summed E-state index contributed by atoms with van der Waals surface area (Å²) in [6, 6.07) is 6.94. The van der Waals surface area contributed by atoms with Crippen molar-refractivity contribution in [3.63, 3.8) is 0 Å². The van der Waals surface area contributed by atoms with Crippen LogP contribution in [0.15, 0.2) is 28.7 Å². The fourth-order valence-corrected chi connectivity index (χ4v) is 2.49. The Hall–Kier alpha value is -1.49. The molecule has 0 spiro atoms. The van der Waals surface area contributed by atoms with Crippen molar-refractivity contribution >= 4 is 34.0 Å². The van der Waals surface area contributed by atoms with E-state index in [0.717, 1.165) is 9.37 Å². The van der Waals surface area contributed by atoms with Gasteiger partial charge in [0.25, 0.3) is 0 Å². The smallest absolute Gasteiger partial charge is 0.239 e. The van der Waals surface area contributed by atoms with Crippen molar-refractivity contribution in [1.82, 2.24) is 4.90 Å². The molecule has 1 saturated heterocycles. The Morgan fingerprint density at radius 2 is 2.22 bits per heavy atom. The summed E-state index contributed by atoms with van der Waals surface area (Å²) in [6.45, 7) is 0.407. The minimum atomic E-state index is -0.724. The van der Waals surface area contributed by atoms with Gasteiger partial charge in [0, 0.05) is 16.6 Å². The van der Waals surface area contributed by atoms with Crippen LogP contribution in [0.25, 0.3) is 0 Å². The molecule has 0 N–H and O–H groups in total. The lowest BCUT2D eigenvalue weighted by atomic mass is 9.89. The Morgan fingerprint density at radius 3 is 2.89 bits per heavy atom. The number of imide groups is 1. The standard InChI is InChI=1S/C13H12BrNO3/c14-10-4-1-3-9(7-10)12(17)11-5-2-6-15(8-16)13(11)18/h1,3-4,7-8,11H,2,5-6H2. The van der Waals surface area contributed by atoms with E-state index in [1.54, 1.807) is 18.2 Å². The van der Waals surface area contributed by atoms with E-state index in [4.69, 9.17) is 0 Å². The number of carbonyl (C=O) groups excluding carboxylic acids is 3. The van der Waals surface area contributed by atoms with Crippen LogP contribution in [0.3, 0.4) is 0 Å². The lowest BCUT2D eigenvalue weighted by molar-refractivity contribution is -0.142. The quantitative estimate of drug-likeness (QED) is 0.488. The minimum absolute atomic E-state index is 0.215. The molecule has 1 unspecified atom stereocenters. The number of carbonyl (C=O) groups is 3. The monoisotopic (exact) mass is 309 g/mol. The van der Waals surface area contributed by atoms with Crippen molar-refractivity contribution in [3.8, 4) is 0 Å². The Labute approximate surface area is 113 Å². The second kappa shape index (κ2) is 5.44. The summed E-state index contributed by atoms with van der Waals surface area (Å²) in [5, 5.41) is 0. The Kier molecular flexibility index (Phi) is 3.91. The minimum Gasteiger partial charge on any atom is -0.293 e. The highest BCUT2D eigenvalue weighted by Gasteiger charge is 2.34. The van der Waals surface area contributed by atoms with Gasteiger partial charge in [-0.3, -0.25) is 19.3 Å². The van der Waals surface area contributed by atoms with E-state index in [9.17, 15) is 14.4 Å². The number of hydrogen-bond donors (Lipinski definition) is 0. The second-order valence-corrected chi connectivity index (χ2v) is 5.12. The van der Waals surface area contributed by atoms with Gasteiger partial charge in [-0.05, 0) is 25.0 Å². The van der Waals surface area contributed by atoms with E-state index in [-0.39, 0.29) is 11.7 Å². The SMILES string of the molecule is O=CN1CCCC(C(=O)c2cccc(Br)c2)C1=O. The van der Waals surface area contributed by atoms with Gasteiger partial charge in [0.2, 0.25) is 12.3 Å². The van der Waals surface area contributed by atoms with Gasteiger partial charge >= 0.3 is 0 Å². The molecule has 1 atom stereocenters. The van der Waals surface area contributed by atoms with Gasteiger partial charge in [0.05, 0.1) is 0 Å². The largest absolute Gasteiger partial charge is 0.293 e. The first-order valence-electron chi connectivity index (χ1n) is 5.69. The molecule has 1 aliphatic rings. The van der Waals surface area contributed by atoms with E-state index in [0.29, 0.717) is 31.4 Å². The molecule has 4 nitrogen and oxygen atoms in total. The molecule has 1 aromatic carbocycles. The highest BCUT2D eigenvalue weighted by molar-refractivity contribution is 9.10. The molecule has 0 aromatic heterocycles. The van der Waals surface area contributed by atoms with E-state index in [1.807, 2.05) is 6.07 Å². The van der Waals surface area contributed by atoms with Gasteiger partial charge in [-0.1, -0.05) is 28.1 Å².